The van der Waals surface area contributed by atoms with Crippen LogP contribution in [-0.2, 0) is 9.53 Å². The SMILES string of the molecule is COC(=O)C(N)c1c[nH]c2c(C(=O)O)cccc12. The molecule has 1 aromatic heterocycles. The molecule has 0 fully saturated rings. The van der Waals surface area contributed by atoms with Crippen LogP contribution in [0.2, 0.25) is 0 Å². The first-order valence-electron chi connectivity index (χ1n) is 5.23. The molecule has 6 heteroatoms. The number of nitrogens with one attached hydrogen (secondary N) is 1. The molecule has 1 aromatic carbocycles. The van der Waals surface area contributed by atoms with Crippen molar-refractivity contribution >= 4 is 22.8 Å². The van der Waals surface area contributed by atoms with Crippen molar-refractivity contribution in [2.75, 3.05) is 7.11 Å². The maximum Gasteiger partial charge on any atom is 0.337 e. The number of ether oxygens (including phenoxy) is 1. The van der Waals surface area contributed by atoms with Gasteiger partial charge in [-0.3, -0.25) is 4.79 Å². The van der Waals surface area contributed by atoms with Gasteiger partial charge in [0.1, 0.15) is 6.04 Å². The van der Waals surface area contributed by atoms with Crippen LogP contribution in [0.4, 0.5) is 0 Å². The molecular weight excluding hydrogens is 236 g/mol. The third-order valence-electron chi connectivity index (χ3n) is 2.77. The van der Waals surface area contributed by atoms with Crippen LogP contribution in [0, 0.1) is 0 Å². The van der Waals surface area contributed by atoms with E-state index < -0.39 is 18.0 Å². The fourth-order valence-corrected chi connectivity index (χ4v) is 1.87. The Morgan fingerprint density at radius 2 is 2.17 bits per heavy atom. The average Bonchev–Trinajstić information content (AvgIpc) is 2.80. The zero-order valence-corrected chi connectivity index (χ0v) is 9.64. The lowest BCUT2D eigenvalue weighted by Crippen LogP contribution is -2.22. The van der Waals surface area contributed by atoms with E-state index >= 15 is 0 Å². The number of nitrogens with two attached hydrogens (primary N) is 1. The smallest absolute Gasteiger partial charge is 0.337 e. The first kappa shape index (κ1) is 12.1. The van der Waals surface area contributed by atoms with E-state index in [1.54, 1.807) is 12.1 Å². The Morgan fingerprint density at radius 3 is 2.78 bits per heavy atom. The number of carboxylic acids is 1. The number of fused-ring (bicyclic) bond motifs is 1. The third kappa shape index (κ3) is 1.82. The number of aromatic nitrogens is 1. The van der Waals surface area contributed by atoms with E-state index in [0.29, 0.717) is 16.5 Å². The molecule has 4 N–H and O–H groups in total. The summed E-state index contributed by atoms with van der Waals surface area (Å²) in [6.07, 6.45) is 1.53. The number of benzene rings is 1. The van der Waals surface area contributed by atoms with Crippen LogP contribution in [0.5, 0.6) is 0 Å². The van der Waals surface area contributed by atoms with Gasteiger partial charge in [-0.05, 0) is 6.07 Å². The number of rotatable bonds is 3. The number of aromatic carboxylic acids is 1. The van der Waals surface area contributed by atoms with E-state index in [0.717, 1.165) is 0 Å². The predicted octanol–water partition coefficient (Wildman–Crippen LogP) is 1.04. The second-order valence-corrected chi connectivity index (χ2v) is 3.78. The molecular formula is C12H12N2O4. The fourth-order valence-electron chi connectivity index (χ4n) is 1.87. The summed E-state index contributed by atoms with van der Waals surface area (Å²) >= 11 is 0. The number of carboxylic acid groups (broad SMARTS) is 1. The number of para-hydroxylation sites is 1. The first-order chi connectivity index (χ1) is 8.56. The lowest BCUT2D eigenvalue weighted by Gasteiger charge is -2.07. The number of carbonyl (C=O) groups is 2. The molecule has 0 spiro atoms. The molecule has 0 aliphatic carbocycles. The molecule has 1 heterocycles. The minimum atomic E-state index is -1.04. The summed E-state index contributed by atoms with van der Waals surface area (Å²) in [4.78, 5) is 25.3. The Morgan fingerprint density at radius 1 is 1.44 bits per heavy atom. The first-order valence-corrected chi connectivity index (χ1v) is 5.23. The third-order valence-corrected chi connectivity index (χ3v) is 2.77. The Hall–Kier alpha value is -2.34. The van der Waals surface area contributed by atoms with Gasteiger partial charge in [0.05, 0.1) is 18.2 Å². The highest BCUT2D eigenvalue weighted by Crippen LogP contribution is 2.26. The monoisotopic (exact) mass is 248 g/mol. The van der Waals surface area contributed by atoms with Gasteiger partial charge in [0.2, 0.25) is 0 Å². The maximum absolute atomic E-state index is 11.4. The van der Waals surface area contributed by atoms with Gasteiger partial charge >= 0.3 is 11.9 Å². The van der Waals surface area contributed by atoms with Crippen LogP contribution in [0.25, 0.3) is 10.9 Å². The van der Waals surface area contributed by atoms with E-state index in [2.05, 4.69) is 9.72 Å². The summed E-state index contributed by atoms with van der Waals surface area (Å²) < 4.78 is 4.57. The highest BCUT2D eigenvalue weighted by atomic mass is 16.5. The second-order valence-electron chi connectivity index (χ2n) is 3.78. The van der Waals surface area contributed by atoms with Crippen molar-refractivity contribution in [2.45, 2.75) is 6.04 Å². The zero-order chi connectivity index (χ0) is 13.3. The molecule has 18 heavy (non-hydrogen) atoms. The van der Waals surface area contributed by atoms with E-state index in [1.807, 2.05) is 0 Å². The number of aromatic amines is 1. The van der Waals surface area contributed by atoms with Crippen molar-refractivity contribution in [3.8, 4) is 0 Å². The summed E-state index contributed by atoms with van der Waals surface area (Å²) in [6.45, 7) is 0. The minimum absolute atomic E-state index is 0.135. The maximum atomic E-state index is 11.4. The quantitative estimate of drug-likeness (QED) is 0.704. The average molecular weight is 248 g/mol. The summed E-state index contributed by atoms with van der Waals surface area (Å²) in [5, 5.41) is 9.65. The van der Waals surface area contributed by atoms with Gasteiger partial charge in [-0.15, -0.1) is 0 Å². The molecule has 0 aliphatic heterocycles. The van der Waals surface area contributed by atoms with Crippen molar-refractivity contribution in [1.29, 1.82) is 0 Å². The molecule has 0 bridgehead atoms. The van der Waals surface area contributed by atoms with E-state index in [9.17, 15) is 9.59 Å². The van der Waals surface area contributed by atoms with Gasteiger partial charge in [-0.1, -0.05) is 12.1 Å². The summed E-state index contributed by atoms with van der Waals surface area (Å²) in [5.74, 6) is -1.61. The highest BCUT2D eigenvalue weighted by molar-refractivity contribution is 6.03. The Balaban J connectivity index is 2.59. The standard InChI is InChI=1S/C12H12N2O4/c1-18-12(17)9(13)8-5-14-10-6(8)3-2-4-7(10)11(15)16/h2-5,9,14H,13H2,1H3,(H,15,16). The van der Waals surface area contributed by atoms with Crippen LogP contribution in [0.15, 0.2) is 24.4 Å². The molecule has 94 valence electrons. The molecule has 0 amide bonds. The lowest BCUT2D eigenvalue weighted by molar-refractivity contribution is -0.142. The number of hydrogen-bond acceptors (Lipinski definition) is 4. The molecule has 2 rings (SSSR count). The number of carbonyl (C=O) groups excluding carboxylic acids is 1. The highest BCUT2D eigenvalue weighted by Gasteiger charge is 2.21. The molecule has 1 atom stereocenters. The van der Waals surface area contributed by atoms with Crippen LogP contribution < -0.4 is 5.73 Å². The Bertz CT molecular complexity index is 618. The number of hydrogen-bond donors (Lipinski definition) is 3. The molecule has 1 unspecified atom stereocenters. The molecule has 0 saturated carbocycles. The van der Waals surface area contributed by atoms with Crippen molar-refractivity contribution in [1.82, 2.24) is 4.98 Å². The Labute approximate surface area is 102 Å². The van der Waals surface area contributed by atoms with Gasteiger partial charge in [-0.25, -0.2) is 4.79 Å². The second kappa shape index (κ2) is 4.50. The van der Waals surface area contributed by atoms with Crippen LogP contribution >= 0.6 is 0 Å². The van der Waals surface area contributed by atoms with E-state index in [4.69, 9.17) is 10.8 Å². The largest absolute Gasteiger partial charge is 0.478 e. The molecule has 0 aliphatic rings. The topological polar surface area (TPSA) is 105 Å². The summed E-state index contributed by atoms with van der Waals surface area (Å²) in [7, 11) is 1.25. The van der Waals surface area contributed by atoms with Crippen LogP contribution in [0.3, 0.4) is 0 Å². The molecule has 2 aromatic rings. The van der Waals surface area contributed by atoms with Gasteiger partial charge in [0.15, 0.2) is 0 Å². The zero-order valence-electron chi connectivity index (χ0n) is 9.64. The number of methoxy groups -OCH3 is 1. The van der Waals surface area contributed by atoms with Gasteiger partial charge in [-0.2, -0.15) is 0 Å². The van der Waals surface area contributed by atoms with E-state index in [1.165, 1.54) is 19.4 Å². The van der Waals surface area contributed by atoms with E-state index in [-0.39, 0.29) is 5.56 Å². The van der Waals surface area contributed by atoms with Gasteiger partial charge in [0.25, 0.3) is 0 Å². The summed E-state index contributed by atoms with van der Waals surface area (Å²) in [5.41, 5.74) is 6.84. The molecule has 0 saturated heterocycles. The van der Waals surface area contributed by atoms with Crippen molar-refractivity contribution in [3.05, 3.63) is 35.5 Å². The molecule has 6 nitrogen and oxygen atoms in total. The van der Waals surface area contributed by atoms with Crippen molar-refractivity contribution < 1.29 is 19.4 Å². The van der Waals surface area contributed by atoms with Crippen LogP contribution in [0.1, 0.15) is 22.0 Å². The lowest BCUT2D eigenvalue weighted by atomic mass is 10.0. The Kier molecular flexibility index (Phi) is 3.03. The van der Waals surface area contributed by atoms with Crippen molar-refractivity contribution in [2.24, 2.45) is 5.73 Å². The van der Waals surface area contributed by atoms with Crippen LogP contribution in [-0.4, -0.2) is 29.1 Å². The van der Waals surface area contributed by atoms with Gasteiger partial charge in [0, 0.05) is 17.1 Å². The predicted molar refractivity (Wildman–Crippen MR) is 64.2 cm³/mol. The summed E-state index contributed by atoms with van der Waals surface area (Å²) in [6, 6.07) is 3.85. The number of esters is 1. The molecule has 0 radical (unpaired) electrons. The fraction of sp³-hybridized carbons (Fsp3) is 0.167. The normalized spacial score (nSPS) is 12.3. The van der Waals surface area contributed by atoms with Crippen molar-refractivity contribution in [3.63, 3.8) is 0 Å². The number of H-pyrrole nitrogens is 1. The minimum Gasteiger partial charge on any atom is -0.478 e. The van der Waals surface area contributed by atoms with Gasteiger partial charge < -0.3 is 20.6 Å².